The van der Waals surface area contributed by atoms with Crippen LogP contribution in [0.25, 0.3) is 0 Å². The first-order chi connectivity index (χ1) is 9.74. The molecule has 0 saturated heterocycles. The Bertz CT molecular complexity index is 193. The second kappa shape index (κ2) is 14.1. The lowest BCUT2D eigenvalue weighted by Gasteiger charge is -2.28. The van der Waals surface area contributed by atoms with E-state index in [0.29, 0.717) is 0 Å². The Labute approximate surface area is 128 Å². The molecule has 20 heavy (non-hydrogen) atoms. The molecule has 3 heteroatoms. The second-order valence-corrected chi connectivity index (χ2v) is 9.60. The highest BCUT2D eigenvalue weighted by Crippen LogP contribution is 2.19. The Kier molecular flexibility index (Phi) is 14.2. The van der Waals surface area contributed by atoms with Crippen LogP contribution in [0.15, 0.2) is 0 Å². The van der Waals surface area contributed by atoms with Crippen LogP contribution in [0.5, 0.6) is 0 Å². The standard InChI is InChI=1S/C17H38O2Si/c1-5-9-10-11-12-13-14-15-17-19-20(7-3,8-4)18-16-6-2/h5-17H2,1-4H3. The fourth-order valence-electron chi connectivity index (χ4n) is 2.48. The van der Waals surface area contributed by atoms with Gasteiger partial charge in [0.05, 0.1) is 0 Å². The molecule has 0 amide bonds. The number of hydrogen-bond donors (Lipinski definition) is 0. The summed E-state index contributed by atoms with van der Waals surface area (Å²) in [5.74, 6) is 0. The minimum Gasteiger partial charge on any atom is -0.394 e. The van der Waals surface area contributed by atoms with Gasteiger partial charge in [-0.15, -0.1) is 0 Å². The van der Waals surface area contributed by atoms with E-state index in [4.69, 9.17) is 8.85 Å². The predicted octanol–water partition coefficient (Wildman–Crippen LogP) is 6.05. The maximum atomic E-state index is 6.19. The van der Waals surface area contributed by atoms with Crippen LogP contribution in [-0.2, 0) is 8.85 Å². The summed E-state index contributed by atoms with van der Waals surface area (Å²) in [5, 5.41) is 0. The van der Waals surface area contributed by atoms with Crippen molar-refractivity contribution in [2.24, 2.45) is 0 Å². The van der Waals surface area contributed by atoms with Gasteiger partial charge >= 0.3 is 8.56 Å². The maximum absolute atomic E-state index is 6.19. The molecule has 0 bridgehead atoms. The zero-order valence-electron chi connectivity index (χ0n) is 14.5. The van der Waals surface area contributed by atoms with Gasteiger partial charge in [-0.1, -0.05) is 72.6 Å². The fourth-order valence-corrected chi connectivity index (χ4v) is 4.97. The lowest BCUT2D eigenvalue weighted by atomic mass is 10.1. The van der Waals surface area contributed by atoms with Crippen molar-refractivity contribution in [1.82, 2.24) is 0 Å². The van der Waals surface area contributed by atoms with Crippen molar-refractivity contribution >= 4 is 8.56 Å². The molecule has 0 radical (unpaired) electrons. The van der Waals surface area contributed by atoms with Crippen molar-refractivity contribution in [2.45, 2.75) is 97.6 Å². The summed E-state index contributed by atoms with van der Waals surface area (Å²) in [5.41, 5.74) is 0. The average molecular weight is 303 g/mol. The molecule has 2 nitrogen and oxygen atoms in total. The SMILES string of the molecule is CCCCCCCCCCO[Si](CC)(CC)OCCC. The van der Waals surface area contributed by atoms with Crippen molar-refractivity contribution in [3.63, 3.8) is 0 Å². The largest absolute Gasteiger partial charge is 0.394 e. The van der Waals surface area contributed by atoms with Crippen LogP contribution in [0.1, 0.15) is 85.5 Å². The zero-order chi connectivity index (χ0) is 15.1. The van der Waals surface area contributed by atoms with E-state index in [1.54, 1.807) is 0 Å². The van der Waals surface area contributed by atoms with Crippen LogP contribution in [-0.4, -0.2) is 21.8 Å². The molecule has 0 unspecified atom stereocenters. The van der Waals surface area contributed by atoms with Gasteiger partial charge in [-0.2, -0.15) is 0 Å². The van der Waals surface area contributed by atoms with Gasteiger partial charge in [-0.25, -0.2) is 0 Å². The molecule has 0 N–H and O–H groups in total. The molecule has 0 atom stereocenters. The van der Waals surface area contributed by atoms with E-state index < -0.39 is 8.56 Å². The fraction of sp³-hybridized carbons (Fsp3) is 1.00. The molecule has 0 aromatic rings. The van der Waals surface area contributed by atoms with Gasteiger partial charge in [0.1, 0.15) is 0 Å². The third-order valence-electron chi connectivity index (χ3n) is 4.01. The summed E-state index contributed by atoms with van der Waals surface area (Å²) in [4.78, 5) is 0. The predicted molar refractivity (Wildman–Crippen MR) is 91.5 cm³/mol. The lowest BCUT2D eigenvalue weighted by Crippen LogP contribution is -2.41. The highest BCUT2D eigenvalue weighted by atomic mass is 28.4. The summed E-state index contributed by atoms with van der Waals surface area (Å²) in [6.45, 7) is 10.7. The van der Waals surface area contributed by atoms with Crippen molar-refractivity contribution in [2.75, 3.05) is 13.2 Å². The van der Waals surface area contributed by atoms with E-state index in [2.05, 4.69) is 27.7 Å². The quantitative estimate of drug-likeness (QED) is 0.271. The van der Waals surface area contributed by atoms with Crippen LogP contribution in [0.2, 0.25) is 12.1 Å². The van der Waals surface area contributed by atoms with E-state index in [1.165, 1.54) is 51.4 Å². The molecular formula is C17H38O2Si. The van der Waals surface area contributed by atoms with Crippen molar-refractivity contribution in [3.8, 4) is 0 Å². The summed E-state index contributed by atoms with van der Waals surface area (Å²) < 4.78 is 12.3. The first kappa shape index (κ1) is 20.1. The van der Waals surface area contributed by atoms with Crippen LogP contribution >= 0.6 is 0 Å². The minimum atomic E-state index is -1.85. The lowest BCUT2D eigenvalue weighted by molar-refractivity contribution is 0.166. The zero-order valence-corrected chi connectivity index (χ0v) is 15.5. The molecule has 122 valence electrons. The Balaban J connectivity index is 3.58. The highest BCUT2D eigenvalue weighted by molar-refractivity contribution is 6.67. The summed E-state index contributed by atoms with van der Waals surface area (Å²) in [6, 6.07) is 2.17. The molecule has 0 aliphatic heterocycles. The van der Waals surface area contributed by atoms with Gasteiger partial charge in [0, 0.05) is 13.2 Å². The van der Waals surface area contributed by atoms with E-state index in [-0.39, 0.29) is 0 Å². The number of hydrogen-bond acceptors (Lipinski definition) is 2. The molecule has 0 heterocycles. The van der Waals surface area contributed by atoms with Crippen molar-refractivity contribution in [1.29, 1.82) is 0 Å². The first-order valence-electron chi connectivity index (χ1n) is 9.02. The molecule has 0 spiro atoms. The normalized spacial score (nSPS) is 12.0. The van der Waals surface area contributed by atoms with Crippen LogP contribution in [0.4, 0.5) is 0 Å². The van der Waals surface area contributed by atoms with Crippen LogP contribution in [0.3, 0.4) is 0 Å². The van der Waals surface area contributed by atoms with Crippen LogP contribution < -0.4 is 0 Å². The number of rotatable bonds is 15. The Morgan fingerprint density at radius 1 is 0.550 bits per heavy atom. The van der Waals surface area contributed by atoms with Gasteiger partial charge in [-0.3, -0.25) is 0 Å². The molecule has 0 aliphatic rings. The van der Waals surface area contributed by atoms with E-state index in [1.807, 2.05) is 0 Å². The average Bonchev–Trinajstić information content (AvgIpc) is 2.49. The van der Waals surface area contributed by atoms with E-state index in [0.717, 1.165) is 31.7 Å². The summed E-state index contributed by atoms with van der Waals surface area (Å²) in [6.07, 6.45) is 12.0. The highest BCUT2D eigenvalue weighted by Gasteiger charge is 2.32. The Hall–Kier alpha value is 0.137. The molecule has 0 fully saturated rings. The van der Waals surface area contributed by atoms with Gasteiger partial charge in [0.2, 0.25) is 0 Å². The monoisotopic (exact) mass is 302 g/mol. The van der Waals surface area contributed by atoms with Gasteiger partial charge in [0.15, 0.2) is 0 Å². The maximum Gasteiger partial charge on any atom is 0.337 e. The second-order valence-electron chi connectivity index (χ2n) is 5.79. The molecule has 0 saturated carbocycles. The van der Waals surface area contributed by atoms with Crippen molar-refractivity contribution in [3.05, 3.63) is 0 Å². The third kappa shape index (κ3) is 9.95. The third-order valence-corrected chi connectivity index (χ3v) is 7.62. The summed E-state index contributed by atoms with van der Waals surface area (Å²) in [7, 11) is -1.85. The smallest absolute Gasteiger partial charge is 0.337 e. The minimum absolute atomic E-state index is 0.866. The summed E-state index contributed by atoms with van der Waals surface area (Å²) >= 11 is 0. The van der Waals surface area contributed by atoms with Gasteiger partial charge in [-0.05, 0) is 24.9 Å². The molecule has 0 aromatic carbocycles. The van der Waals surface area contributed by atoms with Gasteiger partial charge < -0.3 is 8.85 Å². The molecular weight excluding hydrogens is 264 g/mol. The first-order valence-corrected chi connectivity index (χ1v) is 11.3. The van der Waals surface area contributed by atoms with E-state index in [9.17, 15) is 0 Å². The molecule has 0 aliphatic carbocycles. The Morgan fingerprint density at radius 2 is 1.05 bits per heavy atom. The molecule has 0 aromatic heterocycles. The topological polar surface area (TPSA) is 18.5 Å². The van der Waals surface area contributed by atoms with Gasteiger partial charge in [0.25, 0.3) is 0 Å². The van der Waals surface area contributed by atoms with Crippen molar-refractivity contribution < 1.29 is 8.85 Å². The Morgan fingerprint density at radius 3 is 1.55 bits per heavy atom. The van der Waals surface area contributed by atoms with E-state index >= 15 is 0 Å². The number of unbranched alkanes of at least 4 members (excludes halogenated alkanes) is 7. The van der Waals surface area contributed by atoms with Crippen LogP contribution in [0, 0.1) is 0 Å². The molecule has 0 rings (SSSR count).